The predicted molar refractivity (Wildman–Crippen MR) is 69.4 cm³/mol. The van der Waals surface area contributed by atoms with Crippen molar-refractivity contribution in [1.82, 2.24) is 0 Å². The van der Waals surface area contributed by atoms with E-state index in [9.17, 15) is 4.79 Å². The van der Waals surface area contributed by atoms with Gasteiger partial charge >= 0.3 is 0 Å². The highest BCUT2D eigenvalue weighted by Gasteiger charge is 2.12. The summed E-state index contributed by atoms with van der Waals surface area (Å²) in [7, 11) is 0. The maximum absolute atomic E-state index is 12.4. The Kier molecular flexibility index (Phi) is 2.17. The number of fused-ring (bicyclic) bond motifs is 2. The molecular weight excluding hydrogens is 226 g/mol. The Morgan fingerprint density at radius 3 is 2.72 bits per heavy atom. The normalized spacial score (nSPS) is 10.7. The van der Waals surface area contributed by atoms with Gasteiger partial charge in [-0.25, -0.2) is 0 Å². The molecule has 0 spiro atoms. The smallest absolute Gasteiger partial charge is 0.200 e. The number of hydrogen-bond donors (Lipinski definition) is 0. The highest BCUT2D eigenvalue weighted by molar-refractivity contribution is 5.93. The number of aryl methyl sites for hydroxylation is 1. The first-order valence-corrected chi connectivity index (χ1v) is 5.57. The molecule has 0 aliphatic heterocycles. The second-order valence-electron chi connectivity index (χ2n) is 4.17. The fourth-order valence-corrected chi connectivity index (χ4v) is 2.15. The number of nitriles is 1. The molecule has 0 aliphatic rings. The first kappa shape index (κ1) is 10.5. The van der Waals surface area contributed by atoms with Crippen LogP contribution >= 0.6 is 0 Å². The Morgan fingerprint density at radius 2 is 1.94 bits per heavy atom. The molecule has 0 N–H and O–H groups in total. The molecule has 1 heterocycles. The van der Waals surface area contributed by atoms with Gasteiger partial charge in [0.1, 0.15) is 11.7 Å². The van der Waals surface area contributed by atoms with E-state index in [1.54, 1.807) is 36.4 Å². The molecule has 0 saturated carbocycles. The van der Waals surface area contributed by atoms with Crippen LogP contribution in [-0.2, 0) is 0 Å². The molecule has 2 aromatic carbocycles. The third-order valence-corrected chi connectivity index (χ3v) is 3.06. The first-order valence-electron chi connectivity index (χ1n) is 5.57. The highest BCUT2D eigenvalue weighted by atomic mass is 16.3. The van der Waals surface area contributed by atoms with Gasteiger partial charge in [-0.3, -0.25) is 4.79 Å². The van der Waals surface area contributed by atoms with Crippen LogP contribution in [0.5, 0.6) is 0 Å². The summed E-state index contributed by atoms with van der Waals surface area (Å²) in [5.74, 6) is 0. The summed E-state index contributed by atoms with van der Waals surface area (Å²) >= 11 is 0. The largest absolute Gasteiger partial charge is 0.454 e. The van der Waals surface area contributed by atoms with E-state index < -0.39 is 0 Å². The van der Waals surface area contributed by atoms with Crippen LogP contribution < -0.4 is 5.43 Å². The zero-order valence-electron chi connectivity index (χ0n) is 9.73. The topological polar surface area (TPSA) is 54.0 Å². The quantitative estimate of drug-likeness (QED) is 0.562. The lowest BCUT2D eigenvalue weighted by atomic mass is 10.0. The van der Waals surface area contributed by atoms with Crippen molar-refractivity contribution in [3.63, 3.8) is 0 Å². The van der Waals surface area contributed by atoms with Gasteiger partial charge in [-0.2, -0.15) is 5.26 Å². The molecule has 18 heavy (non-hydrogen) atoms. The standard InChI is InChI=1S/C15H9NO2/c1-9-6-7-10(8-16)15-13(9)14(17)11-4-2-3-5-12(11)18-15/h2-7H,1H3. The molecule has 1 aromatic heterocycles. The van der Waals surface area contributed by atoms with Crippen molar-refractivity contribution in [2.75, 3.05) is 0 Å². The van der Waals surface area contributed by atoms with Crippen LogP contribution in [0, 0.1) is 18.3 Å². The summed E-state index contributed by atoms with van der Waals surface area (Å²) in [5.41, 5.74) is 2.02. The van der Waals surface area contributed by atoms with Gasteiger partial charge in [-0.1, -0.05) is 18.2 Å². The molecule has 3 aromatic rings. The Labute approximate surface area is 103 Å². The lowest BCUT2D eigenvalue weighted by Gasteiger charge is -2.04. The summed E-state index contributed by atoms with van der Waals surface area (Å²) < 4.78 is 5.71. The van der Waals surface area contributed by atoms with E-state index in [1.165, 1.54) is 0 Å². The molecule has 0 bridgehead atoms. The van der Waals surface area contributed by atoms with Gasteiger partial charge in [0.2, 0.25) is 5.43 Å². The van der Waals surface area contributed by atoms with Crippen molar-refractivity contribution in [2.24, 2.45) is 0 Å². The van der Waals surface area contributed by atoms with E-state index in [0.717, 1.165) is 5.56 Å². The maximum Gasteiger partial charge on any atom is 0.200 e. The van der Waals surface area contributed by atoms with E-state index in [1.807, 2.05) is 6.92 Å². The summed E-state index contributed by atoms with van der Waals surface area (Å²) in [6.45, 7) is 1.84. The van der Waals surface area contributed by atoms with Gasteiger partial charge < -0.3 is 4.42 Å². The molecule has 3 heteroatoms. The van der Waals surface area contributed by atoms with Crippen molar-refractivity contribution in [3.8, 4) is 6.07 Å². The molecule has 0 fully saturated rings. The van der Waals surface area contributed by atoms with E-state index in [0.29, 0.717) is 27.5 Å². The van der Waals surface area contributed by atoms with Crippen molar-refractivity contribution in [1.29, 1.82) is 5.26 Å². The Balaban J connectivity index is 2.69. The minimum Gasteiger partial charge on any atom is -0.454 e. The Morgan fingerprint density at radius 1 is 1.17 bits per heavy atom. The van der Waals surface area contributed by atoms with Gasteiger partial charge in [0.25, 0.3) is 0 Å². The Hall–Kier alpha value is -2.60. The fourth-order valence-electron chi connectivity index (χ4n) is 2.15. The molecular formula is C15H9NO2. The van der Waals surface area contributed by atoms with E-state index in [-0.39, 0.29) is 5.43 Å². The number of rotatable bonds is 0. The third kappa shape index (κ3) is 1.33. The van der Waals surface area contributed by atoms with Crippen molar-refractivity contribution in [2.45, 2.75) is 6.92 Å². The Bertz CT molecular complexity index is 869. The minimum absolute atomic E-state index is 0.0820. The molecule has 0 unspecified atom stereocenters. The number of hydrogen-bond acceptors (Lipinski definition) is 3. The zero-order chi connectivity index (χ0) is 12.7. The zero-order valence-corrected chi connectivity index (χ0v) is 9.73. The molecule has 86 valence electrons. The van der Waals surface area contributed by atoms with Crippen molar-refractivity contribution >= 4 is 21.9 Å². The SMILES string of the molecule is Cc1ccc(C#N)c2oc3ccccc3c(=O)c12. The second-order valence-corrected chi connectivity index (χ2v) is 4.17. The summed E-state index contributed by atoms with van der Waals surface area (Å²) in [6.07, 6.45) is 0. The second kappa shape index (κ2) is 3.71. The third-order valence-electron chi connectivity index (χ3n) is 3.06. The van der Waals surface area contributed by atoms with Crippen molar-refractivity contribution < 1.29 is 4.42 Å². The van der Waals surface area contributed by atoms with Crippen molar-refractivity contribution in [3.05, 3.63) is 57.7 Å². The van der Waals surface area contributed by atoms with Gasteiger partial charge in [0.15, 0.2) is 5.58 Å². The predicted octanol–water partition coefficient (Wildman–Crippen LogP) is 3.13. The highest BCUT2D eigenvalue weighted by Crippen LogP contribution is 2.23. The summed E-state index contributed by atoms with van der Waals surface area (Å²) in [5, 5.41) is 10.1. The lowest BCUT2D eigenvalue weighted by molar-refractivity contribution is 0.658. The summed E-state index contributed by atoms with van der Waals surface area (Å²) in [4.78, 5) is 12.4. The van der Waals surface area contributed by atoms with Crippen LogP contribution in [-0.4, -0.2) is 0 Å². The molecule has 0 amide bonds. The van der Waals surface area contributed by atoms with Gasteiger partial charge in [0.05, 0.1) is 16.3 Å². The van der Waals surface area contributed by atoms with Crippen LogP contribution in [0.25, 0.3) is 21.9 Å². The van der Waals surface area contributed by atoms with Crippen LogP contribution in [0.15, 0.2) is 45.6 Å². The van der Waals surface area contributed by atoms with Gasteiger partial charge in [-0.15, -0.1) is 0 Å². The number of nitrogens with zero attached hydrogens (tertiary/aromatic N) is 1. The molecule has 3 rings (SSSR count). The van der Waals surface area contributed by atoms with E-state index >= 15 is 0 Å². The van der Waals surface area contributed by atoms with Crippen LogP contribution in [0.1, 0.15) is 11.1 Å². The van der Waals surface area contributed by atoms with E-state index in [2.05, 4.69) is 6.07 Å². The summed E-state index contributed by atoms with van der Waals surface area (Å²) in [6, 6.07) is 12.6. The van der Waals surface area contributed by atoms with Crippen LogP contribution in [0.2, 0.25) is 0 Å². The molecule has 0 atom stereocenters. The van der Waals surface area contributed by atoms with Gasteiger partial charge in [0, 0.05) is 0 Å². The van der Waals surface area contributed by atoms with Crippen LogP contribution in [0.4, 0.5) is 0 Å². The van der Waals surface area contributed by atoms with Crippen LogP contribution in [0.3, 0.4) is 0 Å². The van der Waals surface area contributed by atoms with E-state index in [4.69, 9.17) is 9.68 Å². The fraction of sp³-hybridized carbons (Fsp3) is 0.0667. The minimum atomic E-state index is -0.0820. The molecule has 3 nitrogen and oxygen atoms in total. The lowest BCUT2D eigenvalue weighted by Crippen LogP contribution is -2.04. The van der Waals surface area contributed by atoms with Gasteiger partial charge in [-0.05, 0) is 30.7 Å². The average molecular weight is 235 g/mol. The maximum atomic E-state index is 12.4. The number of para-hydroxylation sites is 1. The average Bonchev–Trinajstić information content (AvgIpc) is 2.39. The first-order chi connectivity index (χ1) is 8.72. The monoisotopic (exact) mass is 235 g/mol. The number of benzene rings is 2. The molecule has 0 radical (unpaired) electrons. The molecule has 0 saturated heterocycles. The molecule has 0 aliphatic carbocycles.